The van der Waals surface area contributed by atoms with E-state index in [1.54, 1.807) is 7.11 Å². The molecule has 0 atom stereocenters. The summed E-state index contributed by atoms with van der Waals surface area (Å²) < 4.78 is 9.13. The van der Waals surface area contributed by atoms with Gasteiger partial charge in [-0.15, -0.1) is 0 Å². The molecule has 1 aromatic heterocycles. The second-order valence-electron chi connectivity index (χ2n) is 6.60. The largest absolute Gasteiger partial charge is 0.497 e. The second kappa shape index (κ2) is 8.37. The Bertz CT molecular complexity index is 894. The van der Waals surface area contributed by atoms with Gasteiger partial charge in [0.05, 0.1) is 13.2 Å². The van der Waals surface area contributed by atoms with E-state index in [9.17, 15) is 0 Å². The standard InChI is InChI=1S/C22H27N2OS/c1-5-6-15-24-20-16-19(25-4)12-13-21(20)26-22(24)14-9-17-7-10-18(11-8-17)23(2)3/h7-14,16H,5-6,15H2,1-4H3/q+1. The number of unbranched alkanes of at least 4 members (excludes halogenated alkanes) is 1. The molecule has 0 saturated heterocycles. The summed E-state index contributed by atoms with van der Waals surface area (Å²) in [5, 5.41) is 1.28. The van der Waals surface area contributed by atoms with Gasteiger partial charge in [-0.3, -0.25) is 0 Å². The molecule has 3 aromatic rings. The van der Waals surface area contributed by atoms with Crippen molar-refractivity contribution in [2.45, 2.75) is 26.3 Å². The zero-order valence-electron chi connectivity index (χ0n) is 16.0. The summed E-state index contributed by atoms with van der Waals surface area (Å²) >= 11 is 1.83. The van der Waals surface area contributed by atoms with Gasteiger partial charge in [0.25, 0.3) is 5.01 Å². The topological polar surface area (TPSA) is 16.4 Å². The maximum atomic E-state index is 5.42. The number of methoxy groups -OCH3 is 1. The van der Waals surface area contributed by atoms with Crippen molar-refractivity contribution in [1.29, 1.82) is 0 Å². The number of aryl methyl sites for hydroxylation is 1. The van der Waals surface area contributed by atoms with E-state index in [-0.39, 0.29) is 0 Å². The second-order valence-corrected chi connectivity index (χ2v) is 7.66. The molecule has 2 aromatic carbocycles. The van der Waals surface area contributed by atoms with Crippen LogP contribution in [0.5, 0.6) is 5.75 Å². The lowest BCUT2D eigenvalue weighted by atomic mass is 10.2. The third-order valence-electron chi connectivity index (χ3n) is 4.50. The molecule has 0 aliphatic carbocycles. The minimum Gasteiger partial charge on any atom is -0.497 e. The van der Waals surface area contributed by atoms with Gasteiger partial charge in [-0.05, 0) is 35.9 Å². The molecule has 0 aliphatic heterocycles. The van der Waals surface area contributed by atoms with Crippen LogP contribution in [0.25, 0.3) is 22.4 Å². The highest BCUT2D eigenvalue weighted by Gasteiger charge is 2.18. The molecule has 0 N–H and O–H groups in total. The fraction of sp³-hybridized carbons (Fsp3) is 0.318. The summed E-state index contributed by atoms with van der Waals surface area (Å²) in [7, 11) is 5.85. The fourth-order valence-electron chi connectivity index (χ4n) is 2.93. The molecule has 0 fully saturated rings. The van der Waals surface area contributed by atoms with Crippen molar-refractivity contribution in [1.82, 2.24) is 0 Å². The number of hydrogen-bond acceptors (Lipinski definition) is 3. The zero-order valence-corrected chi connectivity index (χ0v) is 16.8. The van der Waals surface area contributed by atoms with Crippen molar-refractivity contribution in [3.05, 3.63) is 53.0 Å². The van der Waals surface area contributed by atoms with Crippen LogP contribution in [-0.4, -0.2) is 21.2 Å². The van der Waals surface area contributed by atoms with E-state index in [0.717, 1.165) is 12.3 Å². The molecular weight excluding hydrogens is 340 g/mol. The van der Waals surface area contributed by atoms with E-state index in [2.05, 4.69) is 79.0 Å². The van der Waals surface area contributed by atoms with Gasteiger partial charge in [0.15, 0.2) is 6.54 Å². The molecule has 0 amide bonds. The van der Waals surface area contributed by atoms with E-state index >= 15 is 0 Å². The number of rotatable bonds is 7. The van der Waals surface area contributed by atoms with Crippen molar-refractivity contribution in [3.63, 3.8) is 0 Å². The molecule has 26 heavy (non-hydrogen) atoms. The molecule has 0 radical (unpaired) electrons. The predicted molar refractivity (Wildman–Crippen MR) is 113 cm³/mol. The molecule has 0 unspecified atom stereocenters. The van der Waals surface area contributed by atoms with E-state index in [4.69, 9.17) is 4.74 Å². The Balaban J connectivity index is 1.94. The first kappa shape index (κ1) is 18.5. The smallest absolute Gasteiger partial charge is 0.262 e. The summed E-state index contributed by atoms with van der Waals surface area (Å²) in [5.41, 5.74) is 3.69. The highest BCUT2D eigenvalue weighted by molar-refractivity contribution is 7.18. The van der Waals surface area contributed by atoms with Crippen LogP contribution in [0.4, 0.5) is 5.69 Å². The monoisotopic (exact) mass is 367 g/mol. The number of benzene rings is 2. The number of anilines is 1. The summed E-state index contributed by atoms with van der Waals surface area (Å²) in [4.78, 5) is 2.12. The average Bonchev–Trinajstić information content (AvgIpc) is 3.01. The zero-order chi connectivity index (χ0) is 18.5. The molecule has 3 nitrogen and oxygen atoms in total. The molecule has 0 aliphatic rings. The van der Waals surface area contributed by atoms with Gasteiger partial charge in [-0.2, -0.15) is 4.57 Å². The van der Waals surface area contributed by atoms with Crippen LogP contribution in [0.2, 0.25) is 0 Å². The van der Waals surface area contributed by atoms with Crippen LogP contribution in [0, 0.1) is 0 Å². The minimum absolute atomic E-state index is 0.912. The quantitative estimate of drug-likeness (QED) is 0.531. The lowest BCUT2D eigenvalue weighted by Crippen LogP contribution is -2.34. The Morgan fingerprint density at radius 1 is 1.08 bits per heavy atom. The maximum Gasteiger partial charge on any atom is 0.262 e. The van der Waals surface area contributed by atoms with Crippen LogP contribution < -0.4 is 14.2 Å². The first-order chi connectivity index (χ1) is 12.6. The Hall–Kier alpha value is -2.33. The van der Waals surface area contributed by atoms with E-state index in [1.165, 1.54) is 39.3 Å². The van der Waals surface area contributed by atoms with Crippen molar-refractivity contribution in [2.75, 3.05) is 26.1 Å². The van der Waals surface area contributed by atoms with Crippen molar-refractivity contribution in [2.24, 2.45) is 0 Å². The highest BCUT2D eigenvalue weighted by atomic mass is 32.1. The summed E-state index contributed by atoms with van der Waals surface area (Å²) in [5.74, 6) is 0.912. The highest BCUT2D eigenvalue weighted by Crippen LogP contribution is 2.26. The summed E-state index contributed by atoms with van der Waals surface area (Å²) in [6.45, 7) is 3.26. The fourth-order valence-corrected chi connectivity index (χ4v) is 4.00. The number of fused-ring (bicyclic) bond motifs is 1. The average molecular weight is 368 g/mol. The normalized spacial score (nSPS) is 11.4. The van der Waals surface area contributed by atoms with Crippen molar-refractivity contribution >= 4 is 39.4 Å². The van der Waals surface area contributed by atoms with Crippen LogP contribution in [-0.2, 0) is 6.54 Å². The first-order valence-corrected chi connectivity index (χ1v) is 9.90. The van der Waals surface area contributed by atoms with Crippen molar-refractivity contribution < 1.29 is 9.30 Å². The van der Waals surface area contributed by atoms with Gasteiger partial charge in [0.2, 0.25) is 5.52 Å². The molecule has 4 heteroatoms. The van der Waals surface area contributed by atoms with E-state index in [0.29, 0.717) is 0 Å². The molecule has 1 heterocycles. The van der Waals surface area contributed by atoms with Crippen LogP contribution in [0.3, 0.4) is 0 Å². The van der Waals surface area contributed by atoms with Gasteiger partial charge in [-0.1, -0.05) is 36.8 Å². The Morgan fingerprint density at radius 2 is 1.85 bits per heavy atom. The molecular formula is C22H27N2OS+. The molecule has 0 bridgehead atoms. The molecule has 0 spiro atoms. The van der Waals surface area contributed by atoms with Crippen LogP contribution >= 0.6 is 11.3 Å². The number of hydrogen-bond donors (Lipinski definition) is 0. The lowest BCUT2D eigenvalue weighted by molar-refractivity contribution is -0.669. The van der Waals surface area contributed by atoms with Gasteiger partial charge in [-0.25, -0.2) is 0 Å². The number of ether oxygens (including phenoxy) is 1. The van der Waals surface area contributed by atoms with E-state index in [1.807, 2.05) is 17.4 Å². The Labute approximate surface area is 160 Å². The minimum atomic E-state index is 0.912. The predicted octanol–water partition coefficient (Wildman–Crippen LogP) is 5.23. The van der Waals surface area contributed by atoms with Crippen LogP contribution in [0.15, 0.2) is 42.5 Å². The third-order valence-corrected chi connectivity index (χ3v) is 5.63. The number of nitrogens with zero attached hydrogens (tertiary/aromatic N) is 2. The van der Waals surface area contributed by atoms with Gasteiger partial charge in [0, 0.05) is 32.3 Å². The number of thiazole rings is 1. The third kappa shape index (κ3) is 4.07. The van der Waals surface area contributed by atoms with Gasteiger partial charge < -0.3 is 9.64 Å². The molecule has 0 saturated carbocycles. The SMILES string of the molecule is CCCC[n+]1c(C=Cc2ccc(N(C)C)cc2)sc2ccc(OC)cc21. The van der Waals surface area contributed by atoms with E-state index < -0.39 is 0 Å². The maximum absolute atomic E-state index is 5.42. The molecule has 136 valence electrons. The first-order valence-electron chi connectivity index (χ1n) is 9.08. The lowest BCUT2D eigenvalue weighted by Gasteiger charge is -2.11. The Kier molecular flexibility index (Phi) is 5.94. The summed E-state index contributed by atoms with van der Waals surface area (Å²) in [6.07, 6.45) is 6.79. The van der Waals surface area contributed by atoms with Crippen molar-refractivity contribution in [3.8, 4) is 5.75 Å². The van der Waals surface area contributed by atoms with Crippen LogP contribution in [0.1, 0.15) is 30.3 Å². The Morgan fingerprint density at radius 3 is 2.50 bits per heavy atom. The molecule has 3 rings (SSSR count). The number of aromatic nitrogens is 1. The summed E-state index contributed by atoms with van der Waals surface area (Å²) in [6, 6.07) is 15.0. The van der Waals surface area contributed by atoms with Gasteiger partial charge in [0.1, 0.15) is 10.4 Å². The van der Waals surface area contributed by atoms with Gasteiger partial charge >= 0.3 is 0 Å².